The number of alkyl halides is 3. The summed E-state index contributed by atoms with van der Waals surface area (Å²) in [7, 11) is 0. The molecular formula is C14H6Cl3F3N2. The van der Waals surface area contributed by atoms with Gasteiger partial charge in [-0.1, -0.05) is 34.8 Å². The lowest BCUT2D eigenvalue weighted by molar-refractivity contribution is -0.138. The number of pyridine rings is 1. The van der Waals surface area contributed by atoms with Crippen molar-refractivity contribution < 1.29 is 13.2 Å². The van der Waals surface area contributed by atoms with Gasteiger partial charge < -0.3 is 0 Å². The number of nitrogens with zero attached hydrogens (tertiary/aromatic N) is 2. The first-order chi connectivity index (χ1) is 10.3. The predicted molar refractivity (Wildman–Crippen MR) is 79.0 cm³/mol. The third-order valence-corrected chi connectivity index (χ3v) is 3.89. The molecule has 0 N–H and O–H groups in total. The molecule has 22 heavy (non-hydrogen) atoms. The van der Waals surface area contributed by atoms with Crippen molar-refractivity contribution >= 4 is 34.8 Å². The minimum absolute atomic E-state index is 0.0251. The van der Waals surface area contributed by atoms with Crippen molar-refractivity contribution in [3.8, 4) is 17.3 Å². The molecule has 8 heteroatoms. The minimum atomic E-state index is -4.61. The molecule has 0 amide bonds. The number of aromatic nitrogens is 1. The maximum atomic E-state index is 13.1. The standard InChI is InChI=1S/C14H6Cl3F3N2/c15-7-5-9(12(17)11(16)6-7)13-8(1-3-21)10(2-4-22-13)14(18,19)20/h2,4-6H,1H2. The number of benzene rings is 1. The van der Waals surface area contributed by atoms with E-state index >= 15 is 0 Å². The molecule has 0 saturated heterocycles. The molecule has 2 nitrogen and oxygen atoms in total. The van der Waals surface area contributed by atoms with E-state index in [0.29, 0.717) is 0 Å². The van der Waals surface area contributed by atoms with Crippen LogP contribution in [0.1, 0.15) is 11.1 Å². The molecule has 0 unspecified atom stereocenters. The second kappa shape index (κ2) is 6.33. The normalized spacial score (nSPS) is 11.3. The Kier molecular flexibility index (Phi) is 4.86. The summed E-state index contributed by atoms with van der Waals surface area (Å²) in [5.41, 5.74) is -1.12. The van der Waals surface area contributed by atoms with E-state index in [2.05, 4.69) is 4.98 Å². The summed E-state index contributed by atoms with van der Waals surface area (Å²) in [5.74, 6) is 0. The van der Waals surface area contributed by atoms with Gasteiger partial charge in [-0.2, -0.15) is 18.4 Å². The molecule has 2 rings (SSSR count). The van der Waals surface area contributed by atoms with E-state index in [1.165, 1.54) is 12.1 Å². The summed E-state index contributed by atoms with van der Waals surface area (Å²) < 4.78 is 39.3. The van der Waals surface area contributed by atoms with Crippen molar-refractivity contribution in [1.29, 1.82) is 5.26 Å². The largest absolute Gasteiger partial charge is 0.416 e. The second-order valence-electron chi connectivity index (χ2n) is 4.27. The Balaban J connectivity index is 2.80. The monoisotopic (exact) mass is 364 g/mol. The number of nitriles is 1. The fourth-order valence-corrected chi connectivity index (χ4v) is 2.67. The zero-order chi connectivity index (χ0) is 16.5. The topological polar surface area (TPSA) is 36.7 Å². The van der Waals surface area contributed by atoms with Crippen LogP contribution in [0.5, 0.6) is 0 Å². The van der Waals surface area contributed by atoms with Crippen LogP contribution in [0.3, 0.4) is 0 Å². The van der Waals surface area contributed by atoms with Crippen molar-refractivity contribution in [2.24, 2.45) is 0 Å². The fraction of sp³-hybridized carbons (Fsp3) is 0.143. The molecule has 1 aromatic heterocycles. The van der Waals surface area contributed by atoms with Gasteiger partial charge in [0.15, 0.2) is 0 Å². The van der Waals surface area contributed by atoms with Gasteiger partial charge in [0, 0.05) is 22.3 Å². The number of hydrogen-bond donors (Lipinski definition) is 0. The minimum Gasteiger partial charge on any atom is -0.256 e. The molecule has 0 radical (unpaired) electrons. The molecule has 1 heterocycles. The lowest BCUT2D eigenvalue weighted by Crippen LogP contribution is -2.11. The van der Waals surface area contributed by atoms with Gasteiger partial charge in [0.1, 0.15) is 0 Å². The van der Waals surface area contributed by atoms with E-state index in [1.54, 1.807) is 6.07 Å². The summed E-state index contributed by atoms with van der Waals surface area (Å²) in [6, 6.07) is 5.25. The molecule has 2 aromatic rings. The van der Waals surface area contributed by atoms with Crippen LogP contribution in [0.15, 0.2) is 24.4 Å². The first-order valence-corrected chi connectivity index (χ1v) is 6.96. The molecular weight excluding hydrogens is 360 g/mol. The van der Waals surface area contributed by atoms with Gasteiger partial charge in [0.25, 0.3) is 0 Å². The molecule has 0 fully saturated rings. The van der Waals surface area contributed by atoms with E-state index in [-0.39, 0.29) is 31.9 Å². The van der Waals surface area contributed by atoms with Gasteiger partial charge in [0.2, 0.25) is 0 Å². The third kappa shape index (κ3) is 3.30. The molecule has 0 aliphatic carbocycles. The lowest BCUT2D eigenvalue weighted by atomic mass is 9.98. The van der Waals surface area contributed by atoms with Crippen LogP contribution >= 0.6 is 34.8 Å². The fourth-order valence-electron chi connectivity index (χ4n) is 1.98. The van der Waals surface area contributed by atoms with Crippen LogP contribution in [0, 0.1) is 11.3 Å². The summed E-state index contributed by atoms with van der Waals surface area (Å²) in [4.78, 5) is 3.93. The third-order valence-electron chi connectivity index (χ3n) is 2.87. The van der Waals surface area contributed by atoms with E-state index in [9.17, 15) is 13.2 Å². The van der Waals surface area contributed by atoms with Crippen LogP contribution in [0.2, 0.25) is 15.1 Å². The van der Waals surface area contributed by atoms with Crippen LogP contribution in [0.4, 0.5) is 13.2 Å². The first kappa shape index (κ1) is 16.9. The Hall–Kier alpha value is -1.48. The maximum Gasteiger partial charge on any atom is 0.416 e. The van der Waals surface area contributed by atoms with Crippen LogP contribution in [-0.2, 0) is 12.6 Å². The van der Waals surface area contributed by atoms with Crippen LogP contribution < -0.4 is 0 Å². The predicted octanol–water partition coefficient (Wildman–Crippen LogP) is 5.79. The second-order valence-corrected chi connectivity index (χ2v) is 5.49. The zero-order valence-corrected chi connectivity index (χ0v) is 12.9. The van der Waals surface area contributed by atoms with Crippen molar-refractivity contribution in [1.82, 2.24) is 4.98 Å². The highest BCUT2D eigenvalue weighted by molar-refractivity contribution is 6.45. The average molecular weight is 366 g/mol. The summed E-state index contributed by atoms with van der Waals surface area (Å²) in [6.07, 6.45) is -4.08. The molecule has 0 aliphatic rings. The van der Waals surface area contributed by atoms with Gasteiger partial charge in [0.05, 0.1) is 33.8 Å². The Morgan fingerprint density at radius 3 is 2.45 bits per heavy atom. The smallest absolute Gasteiger partial charge is 0.256 e. The molecule has 0 atom stereocenters. The average Bonchev–Trinajstić information content (AvgIpc) is 2.42. The molecule has 1 aromatic carbocycles. The molecule has 114 valence electrons. The number of rotatable bonds is 2. The van der Waals surface area contributed by atoms with Crippen LogP contribution in [0.25, 0.3) is 11.3 Å². The molecule has 0 spiro atoms. The number of hydrogen-bond acceptors (Lipinski definition) is 2. The van der Waals surface area contributed by atoms with Gasteiger partial charge >= 0.3 is 6.18 Å². The number of halogens is 6. The Morgan fingerprint density at radius 1 is 1.18 bits per heavy atom. The highest BCUT2D eigenvalue weighted by Crippen LogP contribution is 2.40. The molecule has 0 bridgehead atoms. The van der Waals surface area contributed by atoms with Gasteiger partial charge in [-0.3, -0.25) is 4.98 Å². The van der Waals surface area contributed by atoms with Crippen molar-refractivity contribution in [2.45, 2.75) is 12.6 Å². The van der Waals surface area contributed by atoms with Gasteiger partial charge in [-0.15, -0.1) is 0 Å². The first-order valence-electron chi connectivity index (χ1n) is 5.82. The zero-order valence-electron chi connectivity index (χ0n) is 10.7. The lowest BCUT2D eigenvalue weighted by Gasteiger charge is -2.15. The highest BCUT2D eigenvalue weighted by Gasteiger charge is 2.35. The van der Waals surface area contributed by atoms with Crippen molar-refractivity contribution in [3.05, 3.63) is 50.6 Å². The summed E-state index contributed by atoms with van der Waals surface area (Å²) >= 11 is 17.8. The quantitative estimate of drug-likeness (QED) is 0.631. The van der Waals surface area contributed by atoms with Gasteiger partial charge in [-0.05, 0) is 18.2 Å². The highest BCUT2D eigenvalue weighted by atomic mass is 35.5. The Morgan fingerprint density at radius 2 is 1.86 bits per heavy atom. The van der Waals surface area contributed by atoms with Crippen LogP contribution in [-0.4, -0.2) is 4.98 Å². The Bertz CT molecular complexity index is 767. The maximum absolute atomic E-state index is 13.1. The Labute approximate surface area is 139 Å². The van der Waals surface area contributed by atoms with Crippen molar-refractivity contribution in [3.63, 3.8) is 0 Å². The van der Waals surface area contributed by atoms with E-state index < -0.39 is 18.2 Å². The van der Waals surface area contributed by atoms with Gasteiger partial charge in [-0.25, -0.2) is 0 Å². The summed E-state index contributed by atoms with van der Waals surface area (Å²) in [5, 5.41) is 9.14. The van der Waals surface area contributed by atoms with E-state index in [1.807, 2.05) is 0 Å². The van der Waals surface area contributed by atoms with Crippen molar-refractivity contribution in [2.75, 3.05) is 0 Å². The summed E-state index contributed by atoms with van der Waals surface area (Å²) in [6.45, 7) is 0. The van der Waals surface area contributed by atoms with E-state index in [0.717, 1.165) is 12.3 Å². The van der Waals surface area contributed by atoms with E-state index in [4.69, 9.17) is 40.1 Å². The molecule has 0 saturated carbocycles. The SMILES string of the molecule is N#CCc1c(C(F)(F)F)ccnc1-c1cc(Cl)cc(Cl)c1Cl. The molecule has 0 aliphatic heterocycles.